The Kier molecular flexibility index (Phi) is 4.14. The number of aromatic nitrogens is 3. The van der Waals surface area contributed by atoms with E-state index in [9.17, 15) is 9.59 Å². The molecule has 3 N–H and O–H groups in total. The van der Waals surface area contributed by atoms with Crippen molar-refractivity contribution in [3.63, 3.8) is 0 Å². The van der Waals surface area contributed by atoms with Crippen molar-refractivity contribution in [3.8, 4) is 5.75 Å². The molecule has 0 bridgehead atoms. The molecule has 0 saturated carbocycles. The molecule has 0 aliphatic rings. The Bertz CT molecular complexity index is 738. The van der Waals surface area contributed by atoms with E-state index in [1.54, 1.807) is 20.2 Å². The number of hydrogen-bond donors (Lipinski definition) is 2. The minimum Gasteiger partial charge on any atom is -0.497 e. The molecule has 0 spiro atoms. The summed E-state index contributed by atoms with van der Waals surface area (Å²) < 4.78 is 6.55. The molecule has 2 rings (SSSR count). The number of hydrogen-bond acceptors (Lipinski definition) is 6. The molecular weight excluding hydrogens is 280 g/mol. The zero-order valence-electron chi connectivity index (χ0n) is 11.0. The molecule has 1 aromatic heterocycles. The molecule has 0 atom stereocenters. The topological polar surface area (TPSA) is 103 Å². The van der Waals surface area contributed by atoms with Crippen molar-refractivity contribution in [3.05, 3.63) is 44.5 Å². The standard InChI is InChI=1S/C12H14N4O3S/c1-16-12(14-10(17)11(18)15-16)20-6-7-3-8(13)5-9(4-7)19-2/h3-5H,6,13H2,1-2H3,(H,15,18). The normalized spacial score (nSPS) is 10.5. The Morgan fingerprint density at radius 1 is 1.40 bits per heavy atom. The Morgan fingerprint density at radius 3 is 2.85 bits per heavy atom. The zero-order chi connectivity index (χ0) is 14.7. The maximum atomic E-state index is 11.2. The summed E-state index contributed by atoms with van der Waals surface area (Å²) in [5.41, 5.74) is 5.78. The molecule has 8 heteroatoms. The molecule has 0 amide bonds. The summed E-state index contributed by atoms with van der Waals surface area (Å²) in [6.45, 7) is 0. The van der Waals surface area contributed by atoms with Gasteiger partial charge in [-0.1, -0.05) is 11.8 Å². The van der Waals surface area contributed by atoms with Crippen LogP contribution >= 0.6 is 11.8 Å². The molecule has 7 nitrogen and oxygen atoms in total. The molecule has 0 aliphatic carbocycles. The van der Waals surface area contributed by atoms with E-state index in [1.165, 1.54) is 16.4 Å². The van der Waals surface area contributed by atoms with Gasteiger partial charge in [0, 0.05) is 24.6 Å². The van der Waals surface area contributed by atoms with Crippen molar-refractivity contribution in [1.29, 1.82) is 0 Å². The Hall–Kier alpha value is -2.22. The first-order chi connectivity index (χ1) is 9.49. The number of ether oxygens (including phenoxy) is 1. The van der Waals surface area contributed by atoms with Crippen molar-refractivity contribution in [2.24, 2.45) is 7.05 Å². The van der Waals surface area contributed by atoms with E-state index in [4.69, 9.17) is 10.5 Å². The molecule has 1 aromatic carbocycles. The predicted octanol–water partition coefficient (Wildman–Crippen LogP) is 0.352. The van der Waals surface area contributed by atoms with E-state index in [0.29, 0.717) is 22.3 Å². The van der Waals surface area contributed by atoms with Gasteiger partial charge in [0.25, 0.3) is 0 Å². The Morgan fingerprint density at radius 2 is 2.15 bits per heavy atom. The fourth-order valence-corrected chi connectivity index (χ4v) is 2.47. The van der Waals surface area contributed by atoms with Gasteiger partial charge in [-0.15, -0.1) is 0 Å². The van der Waals surface area contributed by atoms with Gasteiger partial charge in [0.15, 0.2) is 5.16 Å². The van der Waals surface area contributed by atoms with E-state index in [0.717, 1.165) is 5.56 Å². The first-order valence-corrected chi connectivity index (χ1v) is 6.71. The van der Waals surface area contributed by atoms with Crippen molar-refractivity contribution < 1.29 is 4.74 Å². The summed E-state index contributed by atoms with van der Waals surface area (Å²) in [5.74, 6) is 1.22. The molecule has 0 aliphatic heterocycles. The van der Waals surface area contributed by atoms with E-state index in [2.05, 4.69) is 10.1 Å². The highest BCUT2D eigenvalue weighted by Crippen LogP contribution is 2.24. The van der Waals surface area contributed by atoms with Crippen LogP contribution in [0.2, 0.25) is 0 Å². The summed E-state index contributed by atoms with van der Waals surface area (Å²) >= 11 is 1.32. The number of rotatable bonds is 4. The van der Waals surface area contributed by atoms with Gasteiger partial charge in [0.2, 0.25) is 0 Å². The van der Waals surface area contributed by atoms with Crippen molar-refractivity contribution in [1.82, 2.24) is 14.8 Å². The average Bonchev–Trinajstić information content (AvgIpc) is 2.40. The molecular formula is C12H14N4O3S. The van der Waals surface area contributed by atoms with Gasteiger partial charge in [-0.05, 0) is 17.7 Å². The van der Waals surface area contributed by atoms with E-state index in [-0.39, 0.29) is 0 Å². The average molecular weight is 294 g/mol. The van der Waals surface area contributed by atoms with Gasteiger partial charge in [0.05, 0.1) is 7.11 Å². The van der Waals surface area contributed by atoms with Crippen LogP contribution in [0.1, 0.15) is 5.56 Å². The molecule has 0 fully saturated rings. The number of aryl methyl sites for hydroxylation is 1. The first kappa shape index (κ1) is 14.2. The molecule has 106 valence electrons. The minimum absolute atomic E-state index is 0.427. The molecule has 0 unspecified atom stereocenters. The number of thioether (sulfide) groups is 1. The number of nitrogens with one attached hydrogen (secondary N) is 1. The van der Waals surface area contributed by atoms with E-state index >= 15 is 0 Å². The number of nitrogens with zero attached hydrogens (tertiary/aromatic N) is 2. The van der Waals surface area contributed by atoms with Gasteiger partial charge in [0.1, 0.15) is 5.75 Å². The second-order valence-corrected chi connectivity index (χ2v) is 5.05. The quantitative estimate of drug-likeness (QED) is 0.479. The molecule has 20 heavy (non-hydrogen) atoms. The van der Waals surface area contributed by atoms with Crippen LogP contribution in [0.4, 0.5) is 5.69 Å². The van der Waals surface area contributed by atoms with Gasteiger partial charge in [-0.3, -0.25) is 19.4 Å². The van der Waals surface area contributed by atoms with Crippen molar-refractivity contribution in [2.75, 3.05) is 12.8 Å². The predicted molar refractivity (Wildman–Crippen MR) is 77.1 cm³/mol. The lowest BCUT2D eigenvalue weighted by molar-refractivity contribution is 0.414. The van der Waals surface area contributed by atoms with Crippen LogP contribution in [0.3, 0.4) is 0 Å². The van der Waals surface area contributed by atoms with Crippen LogP contribution in [-0.4, -0.2) is 21.9 Å². The lowest BCUT2D eigenvalue weighted by Crippen LogP contribution is -2.33. The lowest BCUT2D eigenvalue weighted by Gasteiger charge is -2.08. The second-order valence-electron chi connectivity index (χ2n) is 4.10. The Balaban J connectivity index is 2.21. The minimum atomic E-state index is -0.796. The Labute approximate surface area is 118 Å². The van der Waals surface area contributed by atoms with Crippen LogP contribution in [0.25, 0.3) is 0 Å². The SMILES string of the molecule is COc1cc(N)cc(CSc2nc(=O)c(=O)[nH]n2C)c1. The largest absolute Gasteiger partial charge is 0.497 e. The number of aromatic amines is 1. The number of anilines is 1. The highest BCUT2D eigenvalue weighted by molar-refractivity contribution is 7.98. The van der Waals surface area contributed by atoms with Gasteiger partial charge in [-0.25, -0.2) is 0 Å². The monoisotopic (exact) mass is 294 g/mol. The summed E-state index contributed by atoms with van der Waals surface area (Å²) in [6.07, 6.45) is 0. The molecule has 2 aromatic rings. The summed E-state index contributed by atoms with van der Waals surface area (Å²) in [7, 11) is 3.19. The van der Waals surface area contributed by atoms with E-state index in [1.807, 2.05) is 12.1 Å². The van der Waals surface area contributed by atoms with Crippen molar-refractivity contribution >= 4 is 17.4 Å². The number of nitrogens with two attached hydrogens (primary N) is 1. The second kappa shape index (κ2) is 5.83. The molecule has 1 heterocycles. The fraction of sp³-hybridized carbons (Fsp3) is 0.250. The highest BCUT2D eigenvalue weighted by Gasteiger charge is 2.06. The number of benzene rings is 1. The first-order valence-electron chi connectivity index (χ1n) is 5.73. The van der Waals surface area contributed by atoms with Crippen molar-refractivity contribution in [2.45, 2.75) is 10.9 Å². The van der Waals surface area contributed by atoms with Crippen LogP contribution in [-0.2, 0) is 12.8 Å². The lowest BCUT2D eigenvalue weighted by atomic mass is 10.2. The maximum absolute atomic E-state index is 11.2. The third-order valence-electron chi connectivity index (χ3n) is 2.54. The molecule has 0 saturated heterocycles. The van der Waals surface area contributed by atoms with Gasteiger partial charge in [-0.2, -0.15) is 4.98 Å². The maximum Gasteiger partial charge on any atom is 0.339 e. The third kappa shape index (κ3) is 3.21. The van der Waals surface area contributed by atoms with Crippen LogP contribution < -0.4 is 21.6 Å². The fourth-order valence-electron chi connectivity index (χ4n) is 1.62. The number of H-pyrrole nitrogens is 1. The summed E-state index contributed by atoms with van der Waals surface area (Å²) in [6, 6.07) is 5.40. The highest BCUT2D eigenvalue weighted by atomic mass is 32.2. The zero-order valence-corrected chi connectivity index (χ0v) is 11.9. The summed E-state index contributed by atoms with van der Waals surface area (Å²) in [4.78, 5) is 26.1. The number of nitrogen functional groups attached to an aromatic ring is 1. The molecule has 0 radical (unpaired) electrons. The smallest absolute Gasteiger partial charge is 0.339 e. The van der Waals surface area contributed by atoms with Crippen LogP contribution in [0, 0.1) is 0 Å². The third-order valence-corrected chi connectivity index (χ3v) is 3.64. The van der Waals surface area contributed by atoms with Crippen LogP contribution in [0.5, 0.6) is 5.75 Å². The van der Waals surface area contributed by atoms with Crippen LogP contribution in [0.15, 0.2) is 32.9 Å². The number of methoxy groups -OCH3 is 1. The summed E-state index contributed by atoms with van der Waals surface area (Å²) in [5, 5.41) is 2.82. The van der Waals surface area contributed by atoms with Gasteiger partial charge >= 0.3 is 11.1 Å². The van der Waals surface area contributed by atoms with E-state index < -0.39 is 11.1 Å². The van der Waals surface area contributed by atoms with Gasteiger partial charge < -0.3 is 10.5 Å².